The Balaban J connectivity index is 2.15. The summed E-state index contributed by atoms with van der Waals surface area (Å²) in [6.07, 6.45) is 2.39. The number of hydrogen-bond acceptors (Lipinski definition) is 0. The molecule has 0 spiro atoms. The second kappa shape index (κ2) is 10.4. The van der Waals surface area contributed by atoms with Crippen LogP contribution in [-0.2, 0) is 0 Å². The highest BCUT2D eigenvalue weighted by atomic mass is 31.0. The maximum Gasteiger partial charge on any atom is 0.0146 e. The second-order valence-electron chi connectivity index (χ2n) is 10.8. The van der Waals surface area contributed by atoms with E-state index in [4.69, 9.17) is 0 Å². The van der Waals surface area contributed by atoms with Crippen LogP contribution in [0.4, 0.5) is 0 Å². The first-order chi connectivity index (χ1) is 15.2. The van der Waals surface area contributed by atoms with Gasteiger partial charge in [0.05, 0.1) is 0 Å². The Hall–Kier alpha value is -1.91. The van der Waals surface area contributed by atoms with Crippen LogP contribution >= 0.6 is 9.24 Å². The van der Waals surface area contributed by atoms with Crippen molar-refractivity contribution in [2.24, 2.45) is 16.7 Å². The molecule has 4 unspecified atom stereocenters. The third-order valence-electron chi connectivity index (χ3n) is 7.92. The number of benzene rings is 3. The molecular formula is C31H41P. The van der Waals surface area contributed by atoms with Crippen molar-refractivity contribution in [3.63, 3.8) is 0 Å². The third kappa shape index (κ3) is 5.52. The van der Waals surface area contributed by atoms with Crippen molar-refractivity contribution in [2.75, 3.05) is 0 Å². The molecular weight excluding hydrogens is 403 g/mol. The molecule has 0 radical (unpaired) electrons. The van der Waals surface area contributed by atoms with Crippen molar-refractivity contribution in [1.29, 1.82) is 0 Å². The molecule has 170 valence electrons. The Bertz CT molecular complexity index is 954. The fraction of sp³-hybridized carbons (Fsp3) is 0.419. The molecule has 0 N–H and O–H groups in total. The van der Waals surface area contributed by atoms with E-state index >= 15 is 0 Å². The molecule has 1 heteroatoms. The molecule has 32 heavy (non-hydrogen) atoms. The first-order valence-corrected chi connectivity index (χ1v) is 12.7. The molecule has 4 atom stereocenters. The summed E-state index contributed by atoms with van der Waals surface area (Å²) >= 11 is 0. The van der Waals surface area contributed by atoms with Crippen molar-refractivity contribution in [1.82, 2.24) is 0 Å². The Labute approximate surface area is 199 Å². The number of rotatable bonds is 9. The van der Waals surface area contributed by atoms with Crippen molar-refractivity contribution in [2.45, 2.75) is 66.2 Å². The molecule has 0 aromatic heterocycles. The molecule has 0 fully saturated rings. The van der Waals surface area contributed by atoms with Crippen LogP contribution in [0, 0.1) is 16.7 Å². The van der Waals surface area contributed by atoms with Crippen LogP contribution in [0.5, 0.6) is 0 Å². The van der Waals surface area contributed by atoms with E-state index in [0.29, 0.717) is 17.8 Å². The fourth-order valence-electron chi connectivity index (χ4n) is 5.36. The topological polar surface area (TPSA) is 0 Å². The summed E-state index contributed by atoms with van der Waals surface area (Å²) in [5.74, 6) is 1.43. The molecule has 0 nitrogen and oxygen atoms in total. The molecule has 0 heterocycles. The Morgan fingerprint density at radius 3 is 1.66 bits per heavy atom. The zero-order valence-electron chi connectivity index (χ0n) is 20.8. The highest BCUT2D eigenvalue weighted by Gasteiger charge is 2.42. The first-order valence-electron chi connectivity index (χ1n) is 12.1. The Kier molecular flexibility index (Phi) is 8.00. The van der Waals surface area contributed by atoms with E-state index in [1.54, 1.807) is 0 Å². The normalized spacial score (nSPS) is 15.2. The summed E-state index contributed by atoms with van der Waals surface area (Å²) in [6.45, 7) is 14.7. The lowest BCUT2D eigenvalue weighted by molar-refractivity contribution is 0.131. The minimum absolute atomic E-state index is 0.0236. The smallest absolute Gasteiger partial charge is 0.0146 e. The first kappa shape index (κ1) is 24.7. The van der Waals surface area contributed by atoms with Gasteiger partial charge in [-0.25, -0.2) is 0 Å². The van der Waals surface area contributed by atoms with Gasteiger partial charge in [0.1, 0.15) is 0 Å². The predicted molar refractivity (Wildman–Crippen MR) is 145 cm³/mol. The highest BCUT2D eigenvalue weighted by Crippen LogP contribution is 2.54. The quantitative estimate of drug-likeness (QED) is 0.290. The van der Waals surface area contributed by atoms with E-state index < -0.39 is 0 Å². The zero-order chi connectivity index (χ0) is 23.4. The van der Waals surface area contributed by atoms with E-state index in [-0.39, 0.29) is 10.8 Å². The molecule has 3 aromatic carbocycles. The van der Waals surface area contributed by atoms with Crippen LogP contribution < -0.4 is 5.30 Å². The van der Waals surface area contributed by atoms with Gasteiger partial charge in [0.2, 0.25) is 0 Å². The molecule has 0 aliphatic rings. The fourth-order valence-corrected chi connectivity index (χ4v) is 5.55. The average molecular weight is 445 g/mol. The zero-order valence-corrected chi connectivity index (χ0v) is 22.0. The monoisotopic (exact) mass is 444 g/mol. The summed E-state index contributed by atoms with van der Waals surface area (Å²) in [4.78, 5) is 0. The van der Waals surface area contributed by atoms with Gasteiger partial charge >= 0.3 is 0 Å². The Morgan fingerprint density at radius 1 is 0.688 bits per heavy atom. The number of hydrogen-bond donors (Lipinski definition) is 0. The highest BCUT2D eigenvalue weighted by molar-refractivity contribution is 7.27. The van der Waals surface area contributed by atoms with E-state index in [1.807, 2.05) is 0 Å². The van der Waals surface area contributed by atoms with Crippen LogP contribution in [0.15, 0.2) is 84.9 Å². The van der Waals surface area contributed by atoms with Crippen LogP contribution in [0.2, 0.25) is 0 Å². The lowest BCUT2D eigenvalue weighted by atomic mass is 9.58. The standard InChI is InChI=1S/C31H41P/c1-7-23(2)30(3,4)22-28(24-14-10-8-11-15-24)31(5,6)29(25-16-12-9-13-17-25)26-18-20-27(32)21-19-26/h8-21,23,28-29H,7,22,32H2,1-6H3. The van der Waals surface area contributed by atoms with E-state index in [2.05, 4.69) is 136 Å². The molecule has 0 aliphatic carbocycles. The van der Waals surface area contributed by atoms with Gasteiger partial charge in [-0.1, -0.05) is 133 Å². The molecule has 0 aliphatic heterocycles. The Morgan fingerprint density at radius 2 is 1.16 bits per heavy atom. The molecule has 0 amide bonds. The van der Waals surface area contributed by atoms with Gasteiger partial charge < -0.3 is 0 Å². The van der Waals surface area contributed by atoms with Crippen LogP contribution in [0.3, 0.4) is 0 Å². The molecule has 3 aromatic rings. The maximum absolute atomic E-state index is 2.82. The second-order valence-corrected chi connectivity index (χ2v) is 11.5. The van der Waals surface area contributed by atoms with Crippen LogP contribution in [0.25, 0.3) is 0 Å². The lowest BCUT2D eigenvalue weighted by Crippen LogP contribution is -2.35. The van der Waals surface area contributed by atoms with Gasteiger partial charge in [0.15, 0.2) is 0 Å². The molecule has 0 saturated carbocycles. The van der Waals surface area contributed by atoms with Gasteiger partial charge in [-0.2, -0.15) is 0 Å². The largest absolute Gasteiger partial charge is 0.106 e. The average Bonchev–Trinajstić information content (AvgIpc) is 2.79. The summed E-state index contributed by atoms with van der Waals surface area (Å²) < 4.78 is 0. The SMILES string of the molecule is CCC(C)C(C)(C)CC(c1ccccc1)C(C)(C)C(c1ccccc1)c1ccc(P)cc1. The van der Waals surface area contributed by atoms with Gasteiger partial charge in [0, 0.05) is 5.92 Å². The van der Waals surface area contributed by atoms with Gasteiger partial charge in [-0.05, 0) is 51.1 Å². The molecule has 0 saturated heterocycles. The summed E-state index contributed by atoms with van der Waals surface area (Å²) in [5, 5.41) is 1.23. The van der Waals surface area contributed by atoms with E-state index in [9.17, 15) is 0 Å². The molecule has 3 rings (SSSR count). The third-order valence-corrected chi connectivity index (χ3v) is 8.31. The maximum atomic E-state index is 2.82. The summed E-state index contributed by atoms with van der Waals surface area (Å²) in [7, 11) is 2.82. The van der Waals surface area contributed by atoms with Gasteiger partial charge in [-0.3, -0.25) is 0 Å². The van der Waals surface area contributed by atoms with Crippen molar-refractivity contribution >= 4 is 14.5 Å². The van der Waals surface area contributed by atoms with Crippen molar-refractivity contribution < 1.29 is 0 Å². The van der Waals surface area contributed by atoms with Crippen molar-refractivity contribution in [3.8, 4) is 0 Å². The van der Waals surface area contributed by atoms with E-state index in [1.165, 1.54) is 34.8 Å². The van der Waals surface area contributed by atoms with E-state index in [0.717, 1.165) is 0 Å². The van der Waals surface area contributed by atoms with Gasteiger partial charge in [0.25, 0.3) is 0 Å². The summed E-state index contributed by atoms with van der Waals surface area (Å²) in [6, 6.07) is 31.4. The predicted octanol–water partition coefficient (Wildman–Crippen LogP) is 8.59. The van der Waals surface area contributed by atoms with Crippen LogP contribution in [-0.4, -0.2) is 0 Å². The molecule has 0 bridgehead atoms. The summed E-state index contributed by atoms with van der Waals surface area (Å²) in [5.41, 5.74) is 4.54. The minimum atomic E-state index is 0.0236. The van der Waals surface area contributed by atoms with Crippen molar-refractivity contribution in [3.05, 3.63) is 102 Å². The van der Waals surface area contributed by atoms with Gasteiger partial charge in [-0.15, -0.1) is 9.24 Å². The lowest BCUT2D eigenvalue weighted by Gasteiger charge is -2.46. The minimum Gasteiger partial charge on any atom is -0.106 e. The van der Waals surface area contributed by atoms with Crippen LogP contribution in [0.1, 0.15) is 82.9 Å².